The van der Waals surface area contributed by atoms with Gasteiger partial charge in [0.2, 0.25) is 0 Å². The monoisotopic (exact) mass is 256 g/mol. The van der Waals surface area contributed by atoms with Crippen LogP contribution in [0.2, 0.25) is 0 Å². The van der Waals surface area contributed by atoms with Gasteiger partial charge in [0.15, 0.2) is 0 Å². The molecule has 0 saturated heterocycles. The van der Waals surface area contributed by atoms with Crippen molar-refractivity contribution in [2.24, 2.45) is 0 Å². The van der Waals surface area contributed by atoms with E-state index in [4.69, 9.17) is 4.74 Å². The minimum Gasteiger partial charge on any atom is -0.387 e. The van der Waals surface area contributed by atoms with E-state index in [0.29, 0.717) is 19.6 Å². The summed E-state index contributed by atoms with van der Waals surface area (Å²) < 4.78 is 5.61. The molecule has 2 nitrogen and oxygen atoms in total. The molecule has 0 bridgehead atoms. The second kappa shape index (κ2) is 6.50. The van der Waals surface area contributed by atoms with E-state index in [0.717, 1.165) is 11.1 Å². The van der Waals surface area contributed by atoms with Crippen LogP contribution in [0.4, 0.5) is 0 Å². The average Bonchev–Trinajstić information content (AvgIpc) is 2.40. The van der Waals surface area contributed by atoms with Crippen molar-refractivity contribution in [1.82, 2.24) is 0 Å². The highest BCUT2D eigenvalue weighted by atomic mass is 16.5. The quantitative estimate of drug-likeness (QED) is 0.860. The number of hydrogen-bond acceptors (Lipinski definition) is 2. The lowest BCUT2D eigenvalue weighted by Crippen LogP contribution is -2.33. The normalized spacial score (nSPS) is 14.0. The van der Waals surface area contributed by atoms with E-state index >= 15 is 0 Å². The highest BCUT2D eigenvalue weighted by Crippen LogP contribution is 2.14. The second-order valence-corrected chi connectivity index (χ2v) is 5.14. The van der Waals surface area contributed by atoms with Gasteiger partial charge >= 0.3 is 0 Å². The lowest BCUT2D eigenvalue weighted by molar-refractivity contribution is -0.0388. The number of hydrogen-bond donors (Lipinski definition) is 1. The molecule has 19 heavy (non-hydrogen) atoms. The SMILES string of the molecule is C[C@](O)(COCc1ccccc1)Cc1ccccc1. The number of ether oxygens (including phenoxy) is 1. The molecule has 100 valence electrons. The van der Waals surface area contributed by atoms with Crippen LogP contribution in [-0.2, 0) is 17.8 Å². The van der Waals surface area contributed by atoms with E-state index in [-0.39, 0.29) is 0 Å². The van der Waals surface area contributed by atoms with Crippen LogP contribution in [0.5, 0.6) is 0 Å². The molecular formula is C17H20O2. The summed E-state index contributed by atoms with van der Waals surface area (Å²) in [6.45, 7) is 2.67. The molecule has 0 unspecified atom stereocenters. The van der Waals surface area contributed by atoms with Crippen molar-refractivity contribution in [3.05, 3.63) is 71.8 Å². The van der Waals surface area contributed by atoms with Crippen molar-refractivity contribution in [3.63, 3.8) is 0 Å². The maximum absolute atomic E-state index is 10.3. The number of aliphatic hydroxyl groups is 1. The summed E-state index contributed by atoms with van der Waals surface area (Å²) in [5.41, 5.74) is 1.41. The molecule has 2 heteroatoms. The molecule has 2 aromatic carbocycles. The molecular weight excluding hydrogens is 236 g/mol. The van der Waals surface area contributed by atoms with Gasteiger partial charge in [0.05, 0.1) is 18.8 Å². The van der Waals surface area contributed by atoms with Crippen molar-refractivity contribution in [2.75, 3.05) is 6.61 Å². The molecule has 1 atom stereocenters. The van der Waals surface area contributed by atoms with Crippen molar-refractivity contribution >= 4 is 0 Å². The van der Waals surface area contributed by atoms with Gasteiger partial charge in [0.1, 0.15) is 0 Å². The first-order chi connectivity index (χ1) is 9.16. The van der Waals surface area contributed by atoms with E-state index in [1.807, 2.05) is 67.6 Å². The minimum absolute atomic E-state index is 0.330. The maximum Gasteiger partial charge on any atom is 0.0892 e. The fraction of sp³-hybridized carbons (Fsp3) is 0.294. The predicted molar refractivity (Wildman–Crippen MR) is 76.9 cm³/mol. The molecule has 1 N–H and O–H groups in total. The Labute approximate surface area is 114 Å². The second-order valence-electron chi connectivity index (χ2n) is 5.14. The lowest BCUT2D eigenvalue weighted by Gasteiger charge is -2.23. The van der Waals surface area contributed by atoms with Gasteiger partial charge in [0.25, 0.3) is 0 Å². The third kappa shape index (κ3) is 4.86. The summed E-state index contributed by atoms with van der Waals surface area (Å²) in [5, 5.41) is 10.3. The summed E-state index contributed by atoms with van der Waals surface area (Å²) in [7, 11) is 0. The highest BCUT2D eigenvalue weighted by Gasteiger charge is 2.21. The van der Waals surface area contributed by atoms with E-state index in [1.165, 1.54) is 0 Å². The molecule has 0 spiro atoms. The van der Waals surface area contributed by atoms with Gasteiger partial charge in [0, 0.05) is 6.42 Å². The van der Waals surface area contributed by atoms with Crippen LogP contribution in [0.15, 0.2) is 60.7 Å². The van der Waals surface area contributed by atoms with Crippen molar-refractivity contribution in [2.45, 2.75) is 25.6 Å². The van der Waals surface area contributed by atoms with Gasteiger partial charge in [-0.15, -0.1) is 0 Å². The van der Waals surface area contributed by atoms with Crippen LogP contribution in [0.1, 0.15) is 18.1 Å². The molecule has 0 radical (unpaired) electrons. The molecule has 0 aliphatic carbocycles. The van der Waals surface area contributed by atoms with Crippen molar-refractivity contribution in [3.8, 4) is 0 Å². The van der Waals surface area contributed by atoms with Crippen LogP contribution < -0.4 is 0 Å². The molecule has 0 fully saturated rings. The zero-order valence-corrected chi connectivity index (χ0v) is 11.3. The van der Waals surface area contributed by atoms with Crippen LogP contribution in [0.25, 0.3) is 0 Å². The summed E-state index contributed by atoms with van der Waals surface area (Å²) >= 11 is 0. The standard InChI is InChI=1S/C17H20O2/c1-17(18,12-15-8-4-2-5-9-15)14-19-13-16-10-6-3-7-11-16/h2-11,18H,12-14H2,1H3/t17-/m1/s1. The van der Waals surface area contributed by atoms with Crippen LogP contribution in [0, 0.1) is 0 Å². The third-order valence-electron chi connectivity index (χ3n) is 2.95. The zero-order chi connectivity index (χ0) is 13.6. The minimum atomic E-state index is -0.837. The fourth-order valence-electron chi connectivity index (χ4n) is 2.05. The molecule has 0 heterocycles. The number of benzene rings is 2. The van der Waals surface area contributed by atoms with E-state index < -0.39 is 5.60 Å². The Bertz CT molecular complexity index is 477. The largest absolute Gasteiger partial charge is 0.387 e. The zero-order valence-electron chi connectivity index (χ0n) is 11.3. The van der Waals surface area contributed by atoms with E-state index in [9.17, 15) is 5.11 Å². The summed E-state index contributed by atoms with van der Waals surface area (Å²) in [6.07, 6.45) is 0.600. The summed E-state index contributed by atoms with van der Waals surface area (Å²) in [6, 6.07) is 20.0. The molecule has 0 aromatic heterocycles. The Hall–Kier alpha value is -1.64. The third-order valence-corrected chi connectivity index (χ3v) is 2.95. The van der Waals surface area contributed by atoms with Gasteiger partial charge in [-0.2, -0.15) is 0 Å². The van der Waals surface area contributed by atoms with Gasteiger partial charge in [-0.05, 0) is 18.1 Å². The summed E-state index contributed by atoms with van der Waals surface area (Å²) in [4.78, 5) is 0. The van der Waals surface area contributed by atoms with Gasteiger partial charge < -0.3 is 9.84 Å². The Kier molecular flexibility index (Phi) is 4.72. The Morgan fingerprint density at radius 3 is 2.00 bits per heavy atom. The first kappa shape index (κ1) is 13.8. The van der Waals surface area contributed by atoms with Crippen LogP contribution in [0.3, 0.4) is 0 Å². The van der Waals surface area contributed by atoms with Crippen molar-refractivity contribution < 1.29 is 9.84 Å². The molecule has 2 aromatic rings. The lowest BCUT2D eigenvalue weighted by atomic mass is 9.97. The van der Waals surface area contributed by atoms with Crippen LogP contribution in [-0.4, -0.2) is 17.3 Å². The van der Waals surface area contributed by atoms with Gasteiger partial charge in [-0.25, -0.2) is 0 Å². The molecule has 0 amide bonds. The Balaban J connectivity index is 1.81. The van der Waals surface area contributed by atoms with E-state index in [2.05, 4.69) is 0 Å². The molecule has 2 rings (SSSR count). The van der Waals surface area contributed by atoms with Gasteiger partial charge in [-0.1, -0.05) is 60.7 Å². The predicted octanol–water partition coefficient (Wildman–Crippen LogP) is 3.20. The molecule has 0 aliphatic heterocycles. The first-order valence-electron chi connectivity index (χ1n) is 6.54. The Morgan fingerprint density at radius 1 is 0.895 bits per heavy atom. The van der Waals surface area contributed by atoms with Crippen molar-refractivity contribution in [1.29, 1.82) is 0 Å². The van der Waals surface area contributed by atoms with E-state index in [1.54, 1.807) is 0 Å². The topological polar surface area (TPSA) is 29.5 Å². The molecule has 0 aliphatic rings. The summed E-state index contributed by atoms with van der Waals surface area (Å²) in [5.74, 6) is 0. The molecule has 0 saturated carbocycles. The smallest absolute Gasteiger partial charge is 0.0892 e. The fourth-order valence-corrected chi connectivity index (χ4v) is 2.05. The van der Waals surface area contributed by atoms with Crippen LogP contribution >= 0.6 is 0 Å². The van der Waals surface area contributed by atoms with Gasteiger partial charge in [-0.3, -0.25) is 0 Å². The maximum atomic E-state index is 10.3. The average molecular weight is 256 g/mol. The number of rotatable bonds is 6. The first-order valence-corrected chi connectivity index (χ1v) is 6.54. The Morgan fingerprint density at radius 2 is 1.42 bits per heavy atom. The highest BCUT2D eigenvalue weighted by molar-refractivity contribution is 5.17.